The summed E-state index contributed by atoms with van der Waals surface area (Å²) in [7, 11) is -1.58. The Morgan fingerprint density at radius 3 is 2.90 bits per heavy atom. The maximum Gasteiger partial charge on any atom is 0.242 e. The molecule has 1 aliphatic heterocycles. The maximum atomic E-state index is 12.3. The second-order valence-electron chi connectivity index (χ2n) is 4.30. The highest BCUT2D eigenvalue weighted by atomic mass is 79.9. The third-order valence-corrected chi connectivity index (χ3v) is 9.25. The summed E-state index contributed by atoms with van der Waals surface area (Å²) >= 11 is 8.55. The number of thiophene rings is 1. The van der Waals surface area contributed by atoms with Gasteiger partial charge in [0.2, 0.25) is 10.0 Å². The normalized spacial score (nSPS) is 20.2. The third kappa shape index (κ3) is 4.62. The van der Waals surface area contributed by atoms with Gasteiger partial charge in [-0.15, -0.1) is 11.3 Å². The molecule has 1 atom stereocenters. The van der Waals surface area contributed by atoms with Crippen LogP contribution < -0.4 is 10.0 Å². The average molecular weight is 417 g/mol. The predicted octanol–water partition coefficient (Wildman–Crippen LogP) is 2.36. The zero-order valence-electron chi connectivity index (χ0n) is 11.0. The molecule has 0 aliphatic carbocycles. The Bertz CT molecular complexity index is 541. The molecule has 0 spiro atoms. The number of sulfonamides is 1. The van der Waals surface area contributed by atoms with Crippen molar-refractivity contribution in [3.8, 4) is 0 Å². The van der Waals surface area contributed by atoms with E-state index < -0.39 is 10.0 Å². The molecule has 2 rings (SSSR count). The van der Waals surface area contributed by atoms with Crippen LogP contribution in [-0.4, -0.2) is 44.5 Å². The smallest absolute Gasteiger partial charge is 0.242 e. The number of halogens is 1. The van der Waals surface area contributed by atoms with E-state index in [1.807, 2.05) is 30.6 Å². The lowest BCUT2D eigenvalue weighted by Gasteiger charge is -2.20. The van der Waals surface area contributed by atoms with Gasteiger partial charge in [-0.25, -0.2) is 13.1 Å². The topological polar surface area (TPSA) is 58.2 Å². The van der Waals surface area contributed by atoms with Gasteiger partial charge in [-0.3, -0.25) is 0 Å². The van der Waals surface area contributed by atoms with E-state index in [2.05, 4.69) is 26.0 Å². The van der Waals surface area contributed by atoms with E-state index in [4.69, 9.17) is 0 Å². The summed E-state index contributed by atoms with van der Waals surface area (Å²) in [5.74, 6) is 3.28. The van der Waals surface area contributed by atoms with Crippen LogP contribution in [-0.2, 0) is 16.6 Å². The van der Waals surface area contributed by atoms with E-state index in [0.717, 1.165) is 22.1 Å². The largest absolute Gasteiger partial charge is 0.315 e. The van der Waals surface area contributed by atoms with Gasteiger partial charge in [0.25, 0.3) is 0 Å². The van der Waals surface area contributed by atoms with E-state index in [9.17, 15) is 8.42 Å². The molecule has 1 aromatic heterocycles. The van der Waals surface area contributed by atoms with Crippen LogP contribution in [0.1, 0.15) is 4.88 Å². The van der Waals surface area contributed by atoms with Crippen molar-refractivity contribution in [2.24, 2.45) is 0 Å². The molecule has 1 fully saturated rings. The van der Waals surface area contributed by atoms with Gasteiger partial charge in [0.05, 0.1) is 3.79 Å². The summed E-state index contributed by atoms with van der Waals surface area (Å²) in [4.78, 5) is 1.35. The lowest BCUT2D eigenvalue weighted by molar-refractivity contribution is 0.581. The SMILES string of the molecule is CNCc1cc(S(=O)(=O)NCC2CSCCS2)c(Br)s1. The first-order valence-electron chi connectivity index (χ1n) is 6.15. The minimum atomic E-state index is -3.42. The molecular weight excluding hydrogens is 400 g/mol. The Labute approximate surface area is 141 Å². The van der Waals surface area contributed by atoms with Gasteiger partial charge >= 0.3 is 0 Å². The van der Waals surface area contributed by atoms with Crippen molar-refractivity contribution in [1.82, 2.24) is 10.0 Å². The molecule has 1 aromatic rings. The summed E-state index contributed by atoms with van der Waals surface area (Å²) in [5.41, 5.74) is 0. The summed E-state index contributed by atoms with van der Waals surface area (Å²) in [6, 6.07) is 1.73. The minimum Gasteiger partial charge on any atom is -0.315 e. The van der Waals surface area contributed by atoms with Crippen molar-refractivity contribution in [2.45, 2.75) is 16.7 Å². The summed E-state index contributed by atoms with van der Waals surface area (Å²) < 4.78 is 28.1. The van der Waals surface area contributed by atoms with E-state index in [1.165, 1.54) is 11.3 Å². The Kier molecular flexibility index (Phi) is 6.71. The summed E-state index contributed by atoms with van der Waals surface area (Å²) in [6.45, 7) is 1.18. The standard InChI is InChI=1S/C11H17BrN2O2S4/c1-13-5-8-4-10(11(12)19-8)20(15,16)14-6-9-7-17-2-3-18-9/h4,9,13-14H,2-3,5-7H2,1H3. The third-order valence-electron chi connectivity index (χ3n) is 2.73. The highest BCUT2D eigenvalue weighted by Crippen LogP contribution is 2.32. The number of rotatable bonds is 6. The van der Waals surface area contributed by atoms with Crippen LogP contribution in [0.25, 0.3) is 0 Å². The van der Waals surface area contributed by atoms with Crippen molar-refractivity contribution in [2.75, 3.05) is 30.9 Å². The minimum absolute atomic E-state index is 0.348. The predicted molar refractivity (Wildman–Crippen MR) is 93.5 cm³/mol. The fourth-order valence-corrected chi connectivity index (χ4v) is 8.27. The van der Waals surface area contributed by atoms with Crippen molar-refractivity contribution in [1.29, 1.82) is 0 Å². The molecule has 1 unspecified atom stereocenters. The quantitative estimate of drug-likeness (QED) is 0.744. The Morgan fingerprint density at radius 1 is 1.45 bits per heavy atom. The monoisotopic (exact) mass is 416 g/mol. The molecule has 0 saturated carbocycles. The molecule has 9 heteroatoms. The first kappa shape index (κ1) is 17.1. The number of thioether (sulfide) groups is 2. The van der Waals surface area contributed by atoms with Gasteiger partial charge in [-0.2, -0.15) is 23.5 Å². The Balaban J connectivity index is 2.01. The van der Waals surface area contributed by atoms with Gasteiger partial charge in [-0.1, -0.05) is 0 Å². The lowest BCUT2D eigenvalue weighted by Crippen LogP contribution is -2.33. The number of nitrogens with one attached hydrogen (secondary N) is 2. The molecule has 114 valence electrons. The van der Waals surface area contributed by atoms with E-state index in [0.29, 0.717) is 27.0 Å². The molecule has 20 heavy (non-hydrogen) atoms. The first-order valence-corrected chi connectivity index (χ1v) is 11.4. The molecule has 0 aromatic carbocycles. The van der Waals surface area contributed by atoms with E-state index in [1.54, 1.807) is 6.07 Å². The Hall–Kier alpha value is 0.750. The van der Waals surface area contributed by atoms with Crippen LogP contribution in [0.2, 0.25) is 0 Å². The summed E-state index contributed by atoms with van der Waals surface area (Å²) in [5, 5.41) is 3.40. The molecule has 0 amide bonds. The number of hydrogen-bond acceptors (Lipinski definition) is 6. The van der Waals surface area contributed by atoms with Crippen LogP contribution >= 0.6 is 50.8 Å². The summed E-state index contributed by atoms with van der Waals surface area (Å²) in [6.07, 6.45) is 0. The van der Waals surface area contributed by atoms with Crippen molar-refractivity contribution in [3.05, 3.63) is 14.7 Å². The molecule has 0 bridgehead atoms. The van der Waals surface area contributed by atoms with Gasteiger partial charge < -0.3 is 5.32 Å². The molecule has 0 radical (unpaired) electrons. The fourth-order valence-electron chi connectivity index (χ4n) is 1.78. The zero-order valence-corrected chi connectivity index (χ0v) is 15.9. The second kappa shape index (κ2) is 7.85. The second-order valence-corrected chi connectivity index (χ2v) is 11.0. The van der Waals surface area contributed by atoms with Gasteiger partial charge in [0, 0.05) is 40.5 Å². The highest BCUT2D eigenvalue weighted by Gasteiger charge is 2.23. The maximum absolute atomic E-state index is 12.3. The molecule has 2 heterocycles. The van der Waals surface area contributed by atoms with Crippen LogP contribution in [0.5, 0.6) is 0 Å². The van der Waals surface area contributed by atoms with Gasteiger partial charge in [0.1, 0.15) is 4.90 Å². The molecule has 2 N–H and O–H groups in total. The molecule has 1 saturated heterocycles. The molecule has 4 nitrogen and oxygen atoms in total. The van der Waals surface area contributed by atoms with Crippen LogP contribution in [0.15, 0.2) is 14.7 Å². The van der Waals surface area contributed by atoms with E-state index >= 15 is 0 Å². The highest BCUT2D eigenvalue weighted by molar-refractivity contribution is 9.11. The fraction of sp³-hybridized carbons (Fsp3) is 0.636. The number of hydrogen-bond donors (Lipinski definition) is 2. The van der Waals surface area contributed by atoms with Crippen molar-refractivity contribution in [3.63, 3.8) is 0 Å². The molecule has 1 aliphatic rings. The van der Waals surface area contributed by atoms with Gasteiger partial charge in [-0.05, 0) is 29.0 Å². The van der Waals surface area contributed by atoms with Crippen molar-refractivity contribution >= 4 is 60.8 Å². The molecular formula is C11H17BrN2O2S4. The lowest BCUT2D eigenvalue weighted by atomic mass is 10.5. The van der Waals surface area contributed by atoms with Crippen LogP contribution in [0, 0.1) is 0 Å². The zero-order chi connectivity index (χ0) is 14.6. The van der Waals surface area contributed by atoms with Crippen LogP contribution in [0.4, 0.5) is 0 Å². The Morgan fingerprint density at radius 2 is 2.25 bits per heavy atom. The van der Waals surface area contributed by atoms with Crippen LogP contribution in [0.3, 0.4) is 0 Å². The first-order chi connectivity index (χ1) is 9.53. The van der Waals surface area contributed by atoms with Crippen molar-refractivity contribution < 1.29 is 8.42 Å². The van der Waals surface area contributed by atoms with E-state index in [-0.39, 0.29) is 0 Å². The average Bonchev–Trinajstić information content (AvgIpc) is 2.80. The van der Waals surface area contributed by atoms with Gasteiger partial charge in [0.15, 0.2) is 0 Å².